The molecule has 15 N–H and O–H groups in total. The monoisotopic (exact) mass is 581 g/mol. The summed E-state index contributed by atoms with van der Waals surface area (Å²) in [6.07, 6.45) is -19.0. The van der Waals surface area contributed by atoms with Gasteiger partial charge >= 0.3 is 0 Å². The zero-order valence-corrected chi connectivity index (χ0v) is 20.5. The first kappa shape index (κ1) is 31.8. The van der Waals surface area contributed by atoms with Gasteiger partial charge in [-0.2, -0.15) is 8.42 Å². The van der Waals surface area contributed by atoms with Gasteiger partial charge < -0.3 is 81.7 Å². The van der Waals surface area contributed by atoms with E-state index in [1.54, 1.807) is 0 Å². The largest absolute Gasteiger partial charge is 0.394 e. The molecule has 0 spiro atoms. The molecule has 3 aliphatic heterocycles. The van der Waals surface area contributed by atoms with Crippen molar-refractivity contribution in [1.29, 1.82) is 0 Å². The Labute approximate surface area is 215 Å². The molecule has 3 saturated heterocycles. The van der Waals surface area contributed by atoms with Crippen LogP contribution in [0.4, 0.5) is 0 Å². The summed E-state index contributed by atoms with van der Waals surface area (Å²) in [5.74, 6) is 0. The van der Waals surface area contributed by atoms with Gasteiger partial charge in [-0.3, -0.25) is 4.55 Å². The summed E-state index contributed by atoms with van der Waals surface area (Å²) in [5.41, 5.74) is 17.5. The molecule has 3 fully saturated rings. The smallest absolute Gasteiger partial charge is 0.300 e. The van der Waals surface area contributed by atoms with E-state index >= 15 is 0 Å². The summed E-state index contributed by atoms with van der Waals surface area (Å²) in [6.45, 7) is -3.14. The van der Waals surface area contributed by atoms with Crippen LogP contribution in [0.15, 0.2) is 0 Å². The molecule has 38 heavy (non-hydrogen) atoms. The van der Waals surface area contributed by atoms with Crippen LogP contribution in [0, 0.1) is 0 Å². The molecule has 224 valence electrons. The first-order valence-electron chi connectivity index (χ1n) is 11.4. The minimum atomic E-state index is -5.40. The Kier molecular flexibility index (Phi) is 10.1. The number of hydrogen-bond acceptors (Lipinski definition) is 18. The van der Waals surface area contributed by atoms with Gasteiger partial charge in [0.1, 0.15) is 48.8 Å². The van der Waals surface area contributed by atoms with Gasteiger partial charge in [-0.05, 0) is 0 Å². The minimum absolute atomic E-state index is 0.726. The Hall–Kier alpha value is -0.730. The van der Waals surface area contributed by atoms with Gasteiger partial charge in [0.25, 0.3) is 10.1 Å². The second-order valence-electron chi connectivity index (χ2n) is 9.25. The first-order chi connectivity index (χ1) is 17.6. The summed E-state index contributed by atoms with van der Waals surface area (Å²) < 4.78 is 60.2. The van der Waals surface area contributed by atoms with E-state index in [1.165, 1.54) is 0 Å². The van der Waals surface area contributed by atoms with E-state index in [2.05, 4.69) is 0 Å². The lowest BCUT2D eigenvalue weighted by molar-refractivity contribution is -0.352. The topological polar surface area (TPSA) is 340 Å². The van der Waals surface area contributed by atoms with Crippen molar-refractivity contribution in [2.75, 3.05) is 19.8 Å². The molecule has 0 radical (unpaired) electrons. The molecule has 2 unspecified atom stereocenters. The quantitative estimate of drug-likeness (QED) is 0.118. The van der Waals surface area contributed by atoms with Crippen LogP contribution in [0.2, 0.25) is 0 Å². The standard InChI is InChI=1S/C18H35N3O16S/c19-6-9(25)12(4(1-22)33-15(6)29)35-16-7(20)10(26)13(5(2-23)34-16)36-17-8(21)11(27)14(28)18(3-24,37-17)38(30,31)32/h4-17,22-29H,1-3,19-21H2,(H,30,31,32)/t4-,5-,6-,7-,8-,9-,10-,11-,12?,13?,14+,15-,16+,17+,18-/m1/s1. The third-order valence-electron chi connectivity index (χ3n) is 6.86. The molecule has 3 heterocycles. The van der Waals surface area contributed by atoms with Crippen LogP contribution < -0.4 is 17.2 Å². The number of hydrogen-bond donors (Lipinski definition) is 12. The zero-order valence-electron chi connectivity index (χ0n) is 19.7. The van der Waals surface area contributed by atoms with E-state index in [0.29, 0.717) is 0 Å². The van der Waals surface area contributed by atoms with Crippen LogP contribution in [0.25, 0.3) is 0 Å². The molecule has 19 nitrogen and oxygen atoms in total. The van der Waals surface area contributed by atoms with Crippen molar-refractivity contribution in [2.24, 2.45) is 17.2 Å². The lowest BCUT2D eigenvalue weighted by atomic mass is 9.94. The van der Waals surface area contributed by atoms with Gasteiger partial charge in [0, 0.05) is 0 Å². The van der Waals surface area contributed by atoms with Crippen LogP contribution in [0.1, 0.15) is 0 Å². The van der Waals surface area contributed by atoms with Gasteiger partial charge in [-0.25, -0.2) is 0 Å². The van der Waals surface area contributed by atoms with E-state index in [0.717, 1.165) is 0 Å². The maximum atomic E-state index is 11.9. The molecule has 0 amide bonds. The highest BCUT2D eigenvalue weighted by Gasteiger charge is 2.62. The summed E-state index contributed by atoms with van der Waals surface area (Å²) >= 11 is 0. The summed E-state index contributed by atoms with van der Waals surface area (Å²) in [6, 6.07) is -4.56. The second kappa shape index (κ2) is 12.0. The number of aliphatic hydroxyl groups is 8. The van der Waals surface area contributed by atoms with Gasteiger partial charge in [-0.15, -0.1) is 0 Å². The van der Waals surface area contributed by atoms with Gasteiger partial charge in [-0.1, -0.05) is 0 Å². The number of nitrogens with two attached hydrogens (primary N) is 3. The highest BCUT2D eigenvalue weighted by Crippen LogP contribution is 2.36. The van der Waals surface area contributed by atoms with E-state index in [4.69, 9.17) is 40.9 Å². The molecule has 0 bridgehead atoms. The first-order valence-corrected chi connectivity index (χ1v) is 12.9. The third-order valence-corrected chi connectivity index (χ3v) is 8.20. The molecular weight excluding hydrogens is 546 g/mol. The van der Waals surface area contributed by atoms with Crippen molar-refractivity contribution in [2.45, 2.75) is 90.8 Å². The third kappa shape index (κ3) is 5.57. The van der Waals surface area contributed by atoms with E-state index < -0.39 is 121 Å². The molecule has 0 aliphatic carbocycles. The highest BCUT2D eigenvalue weighted by atomic mass is 32.2. The predicted octanol–water partition coefficient (Wildman–Crippen LogP) is -8.46. The van der Waals surface area contributed by atoms with Gasteiger partial charge in [0.15, 0.2) is 18.9 Å². The van der Waals surface area contributed by atoms with Crippen LogP contribution in [0.5, 0.6) is 0 Å². The number of ether oxygens (including phenoxy) is 5. The molecule has 0 saturated carbocycles. The van der Waals surface area contributed by atoms with Crippen molar-refractivity contribution in [3.8, 4) is 0 Å². The summed E-state index contributed by atoms with van der Waals surface area (Å²) in [4.78, 5) is -3.17. The van der Waals surface area contributed by atoms with Gasteiger partial charge in [0.05, 0.1) is 37.9 Å². The Morgan fingerprint density at radius 1 is 0.737 bits per heavy atom. The van der Waals surface area contributed by atoms with E-state index in [-0.39, 0.29) is 0 Å². The summed E-state index contributed by atoms with van der Waals surface area (Å²) in [5, 5.41) is 80.4. The average Bonchev–Trinajstić information content (AvgIpc) is 2.87. The molecular formula is C18H35N3O16S. The molecule has 0 aromatic rings. The van der Waals surface area contributed by atoms with Crippen molar-refractivity contribution in [3.05, 3.63) is 0 Å². The van der Waals surface area contributed by atoms with Crippen LogP contribution in [-0.4, -0.2) is 164 Å². The van der Waals surface area contributed by atoms with E-state index in [9.17, 15) is 53.8 Å². The fraction of sp³-hybridized carbons (Fsp3) is 1.00. The van der Waals surface area contributed by atoms with Crippen molar-refractivity contribution >= 4 is 10.1 Å². The van der Waals surface area contributed by atoms with Gasteiger partial charge in [0.2, 0.25) is 4.93 Å². The average molecular weight is 582 g/mol. The maximum Gasteiger partial charge on any atom is 0.300 e. The molecule has 0 aromatic heterocycles. The lowest BCUT2D eigenvalue weighted by Gasteiger charge is -2.50. The SMILES string of the molecule is N[C@H]1[C@@H](OC2[C@@H](CO)O[C@@H](OC3[C@@H](CO)O[C@@H](O)[C@H](N)[C@H]3O)[C@H](N)[C@H]2O)O[C@](CO)(S(=O)(=O)O)[C@@H](O)[C@@H]1O. The molecule has 20 heteroatoms. The molecule has 3 aliphatic rings. The molecule has 15 atom stereocenters. The molecule has 0 aromatic carbocycles. The van der Waals surface area contributed by atoms with Crippen LogP contribution in [-0.2, 0) is 33.8 Å². The zero-order chi connectivity index (χ0) is 28.7. The fourth-order valence-electron chi connectivity index (χ4n) is 4.48. The summed E-state index contributed by atoms with van der Waals surface area (Å²) in [7, 11) is -5.40. The number of aliphatic hydroxyl groups excluding tert-OH is 8. The normalized spacial score (nSPS) is 50.6. The minimum Gasteiger partial charge on any atom is -0.394 e. The highest BCUT2D eigenvalue weighted by molar-refractivity contribution is 7.87. The Bertz CT molecular complexity index is 899. The van der Waals surface area contributed by atoms with Crippen molar-refractivity contribution < 1.29 is 77.5 Å². The Balaban J connectivity index is 1.81. The lowest BCUT2D eigenvalue weighted by Crippen LogP contribution is -2.73. The Morgan fingerprint density at radius 3 is 1.71 bits per heavy atom. The van der Waals surface area contributed by atoms with Crippen LogP contribution in [0.3, 0.4) is 0 Å². The van der Waals surface area contributed by atoms with Crippen molar-refractivity contribution in [3.63, 3.8) is 0 Å². The predicted molar refractivity (Wildman–Crippen MR) is 118 cm³/mol. The second-order valence-corrected chi connectivity index (χ2v) is 10.9. The van der Waals surface area contributed by atoms with Crippen molar-refractivity contribution in [1.82, 2.24) is 0 Å². The molecule has 3 rings (SSSR count). The number of rotatable bonds is 8. The Morgan fingerprint density at radius 2 is 1.21 bits per heavy atom. The fourth-order valence-corrected chi connectivity index (χ4v) is 5.30. The maximum absolute atomic E-state index is 11.9. The van der Waals surface area contributed by atoms with Crippen LogP contribution >= 0.6 is 0 Å². The van der Waals surface area contributed by atoms with E-state index in [1.807, 2.05) is 0 Å².